The van der Waals surface area contributed by atoms with E-state index in [4.69, 9.17) is 4.74 Å². The molecule has 0 amide bonds. The zero-order valence-corrected chi connectivity index (χ0v) is 15.8. The highest BCUT2D eigenvalue weighted by Crippen LogP contribution is 2.44. The van der Waals surface area contributed by atoms with Crippen molar-refractivity contribution in [3.05, 3.63) is 29.8 Å². The van der Waals surface area contributed by atoms with Crippen molar-refractivity contribution in [2.45, 2.75) is 31.1 Å². The zero-order valence-electron chi connectivity index (χ0n) is 13.5. The maximum atomic E-state index is 5.61. The number of ether oxygens (including phenoxy) is 1. The average Bonchev–Trinajstić information content (AvgIpc) is 3.15. The summed E-state index contributed by atoms with van der Waals surface area (Å²) in [5.74, 6) is 2.05. The molecular weight excluding hydrogens is 389 g/mol. The number of halogens is 1. The average molecular weight is 415 g/mol. The first-order valence-electron chi connectivity index (χ1n) is 7.88. The molecule has 5 heteroatoms. The molecule has 1 aliphatic heterocycles. The fourth-order valence-corrected chi connectivity index (χ4v) is 3.65. The van der Waals surface area contributed by atoms with Gasteiger partial charge in [-0.1, -0.05) is 31.0 Å². The largest absolute Gasteiger partial charge is 0.496 e. The van der Waals surface area contributed by atoms with Gasteiger partial charge in [0.2, 0.25) is 0 Å². The highest BCUT2D eigenvalue weighted by molar-refractivity contribution is 14.0. The maximum Gasteiger partial charge on any atom is 0.193 e. The molecule has 1 aliphatic carbocycles. The molecule has 1 saturated carbocycles. The van der Waals surface area contributed by atoms with E-state index in [1.807, 2.05) is 6.07 Å². The van der Waals surface area contributed by atoms with Crippen molar-refractivity contribution in [1.29, 1.82) is 0 Å². The summed E-state index contributed by atoms with van der Waals surface area (Å²) in [5, 5.41) is 3.58. The molecule has 1 fully saturated rings. The van der Waals surface area contributed by atoms with Crippen LogP contribution < -0.4 is 10.1 Å². The molecule has 122 valence electrons. The summed E-state index contributed by atoms with van der Waals surface area (Å²) in [5.41, 5.74) is 1.53. The van der Waals surface area contributed by atoms with Crippen LogP contribution in [0.3, 0.4) is 0 Å². The van der Waals surface area contributed by atoms with Crippen LogP contribution in [0.15, 0.2) is 29.3 Å². The number of methoxy groups -OCH3 is 1. The lowest BCUT2D eigenvalue weighted by molar-refractivity contribution is 0.369. The lowest BCUT2D eigenvalue weighted by Gasteiger charge is -2.32. The predicted molar refractivity (Wildman–Crippen MR) is 101 cm³/mol. The van der Waals surface area contributed by atoms with Gasteiger partial charge < -0.3 is 15.0 Å². The van der Waals surface area contributed by atoms with Gasteiger partial charge in [-0.2, -0.15) is 0 Å². The minimum Gasteiger partial charge on any atom is -0.496 e. The van der Waals surface area contributed by atoms with Crippen LogP contribution in [0.5, 0.6) is 5.75 Å². The van der Waals surface area contributed by atoms with Crippen molar-refractivity contribution in [3.63, 3.8) is 0 Å². The van der Waals surface area contributed by atoms with Gasteiger partial charge in [0.1, 0.15) is 5.75 Å². The molecule has 0 spiro atoms. The fourth-order valence-electron chi connectivity index (χ4n) is 3.65. The van der Waals surface area contributed by atoms with Gasteiger partial charge in [0.25, 0.3) is 0 Å². The van der Waals surface area contributed by atoms with E-state index in [1.54, 1.807) is 7.11 Å². The third-order valence-corrected chi connectivity index (χ3v) is 4.88. The van der Waals surface area contributed by atoms with E-state index in [0.717, 1.165) is 31.3 Å². The second-order valence-electron chi connectivity index (χ2n) is 6.17. The first-order chi connectivity index (χ1) is 10.2. The summed E-state index contributed by atoms with van der Waals surface area (Å²) >= 11 is 0. The van der Waals surface area contributed by atoms with Crippen molar-refractivity contribution in [3.8, 4) is 5.75 Å². The topological polar surface area (TPSA) is 36.9 Å². The van der Waals surface area contributed by atoms with Crippen molar-refractivity contribution in [2.24, 2.45) is 4.99 Å². The van der Waals surface area contributed by atoms with Crippen molar-refractivity contribution in [2.75, 3.05) is 33.8 Å². The third kappa shape index (κ3) is 3.34. The second-order valence-corrected chi connectivity index (χ2v) is 6.17. The lowest BCUT2D eigenvalue weighted by atomic mass is 9.78. The lowest BCUT2D eigenvalue weighted by Crippen LogP contribution is -2.43. The summed E-state index contributed by atoms with van der Waals surface area (Å²) in [6.07, 6.45) is 5.03. The van der Waals surface area contributed by atoms with Crippen LogP contribution in [0.25, 0.3) is 0 Å². The van der Waals surface area contributed by atoms with E-state index < -0.39 is 0 Å². The van der Waals surface area contributed by atoms with Crippen molar-refractivity contribution in [1.82, 2.24) is 10.2 Å². The molecule has 3 rings (SSSR count). The van der Waals surface area contributed by atoms with Crippen LogP contribution in [-0.2, 0) is 5.41 Å². The Morgan fingerprint density at radius 1 is 1.27 bits per heavy atom. The van der Waals surface area contributed by atoms with Crippen LogP contribution >= 0.6 is 24.0 Å². The van der Waals surface area contributed by atoms with Gasteiger partial charge in [-0.05, 0) is 18.9 Å². The molecule has 1 heterocycles. The van der Waals surface area contributed by atoms with Gasteiger partial charge in [-0.3, -0.25) is 4.99 Å². The molecule has 0 unspecified atom stereocenters. The Labute approximate surface area is 150 Å². The van der Waals surface area contributed by atoms with E-state index in [-0.39, 0.29) is 29.4 Å². The Hall–Kier alpha value is -0.980. The van der Waals surface area contributed by atoms with Gasteiger partial charge in [0, 0.05) is 31.1 Å². The Morgan fingerprint density at radius 3 is 2.64 bits per heavy atom. The normalized spacial score (nSPS) is 19.5. The minimum absolute atomic E-state index is 0. The minimum atomic E-state index is 0. The first-order valence-corrected chi connectivity index (χ1v) is 7.88. The van der Waals surface area contributed by atoms with Gasteiger partial charge in [0.05, 0.1) is 13.7 Å². The van der Waals surface area contributed by atoms with Crippen LogP contribution in [0.4, 0.5) is 0 Å². The fraction of sp³-hybridized carbons (Fsp3) is 0.588. The number of hydrogen-bond donors (Lipinski definition) is 1. The summed E-state index contributed by atoms with van der Waals surface area (Å²) in [4.78, 5) is 6.74. The molecule has 1 N–H and O–H groups in total. The highest BCUT2D eigenvalue weighted by Gasteiger charge is 2.38. The Balaban J connectivity index is 0.00000176. The van der Waals surface area contributed by atoms with E-state index in [0.29, 0.717) is 0 Å². The van der Waals surface area contributed by atoms with E-state index in [9.17, 15) is 0 Å². The molecule has 0 radical (unpaired) electrons. The molecule has 4 nitrogen and oxygen atoms in total. The number of rotatable bonds is 4. The number of aliphatic imine (C=N–C) groups is 1. The molecule has 0 aromatic heterocycles. The number of para-hydroxylation sites is 1. The molecule has 2 aliphatic rings. The van der Waals surface area contributed by atoms with Gasteiger partial charge in [-0.25, -0.2) is 0 Å². The Kier molecular flexibility index (Phi) is 5.94. The zero-order chi connectivity index (χ0) is 14.7. The highest BCUT2D eigenvalue weighted by atomic mass is 127. The van der Waals surface area contributed by atoms with Crippen LogP contribution in [0, 0.1) is 0 Å². The summed E-state index contributed by atoms with van der Waals surface area (Å²) < 4.78 is 5.61. The molecule has 0 saturated heterocycles. The molecule has 22 heavy (non-hydrogen) atoms. The SMILES string of the molecule is COc1ccccc1C1(CNC2=NCCN2C)CCCC1.I. The van der Waals surface area contributed by atoms with E-state index in [1.165, 1.54) is 31.2 Å². The number of nitrogens with one attached hydrogen (secondary N) is 1. The number of hydrogen-bond acceptors (Lipinski definition) is 4. The number of likely N-dealkylation sites (N-methyl/N-ethyl adjacent to an activating group) is 1. The summed E-state index contributed by atoms with van der Waals surface area (Å²) in [6, 6.07) is 8.48. The van der Waals surface area contributed by atoms with E-state index >= 15 is 0 Å². The van der Waals surface area contributed by atoms with Crippen LogP contribution in [0.1, 0.15) is 31.2 Å². The van der Waals surface area contributed by atoms with Gasteiger partial charge in [-0.15, -0.1) is 24.0 Å². The molecule has 0 atom stereocenters. The third-order valence-electron chi connectivity index (χ3n) is 4.88. The quantitative estimate of drug-likeness (QED) is 0.769. The Bertz CT molecular complexity index is 526. The van der Waals surface area contributed by atoms with E-state index in [2.05, 4.69) is 40.5 Å². The molecular formula is C17H26IN3O. The Morgan fingerprint density at radius 2 is 2.00 bits per heavy atom. The van der Waals surface area contributed by atoms with Gasteiger partial charge >= 0.3 is 0 Å². The summed E-state index contributed by atoms with van der Waals surface area (Å²) in [6.45, 7) is 2.86. The molecule has 1 aromatic rings. The number of nitrogens with zero attached hydrogens (tertiary/aromatic N) is 2. The summed E-state index contributed by atoms with van der Waals surface area (Å²) in [7, 11) is 3.87. The monoisotopic (exact) mass is 415 g/mol. The van der Waals surface area contributed by atoms with Crippen LogP contribution in [-0.4, -0.2) is 44.7 Å². The maximum absolute atomic E-state index is 5.61. The number of guanidine groups is 1. The van der Waals surface area contributed by atoms with Gasteiger partial charge in [0.15, 0.2) is 5.96 Å². The number of benzene rings is 1. The smallest absolute Gasteiger partial charge is 0.193 e. The first kappa shape index (κ1) is 17.4. The second kappa shape index (κ2) is 7.53. The molecule has 0 bridgehead atoms. The van der Waals surface area contributed by atoms with Crippen molar-refractivity contribution < 1.29 is 4.74 Å². The standard InChI is InChI=1S/C17H25N3O.HI/c1-20-12-11-18-16(20)19-13-17(9-5-6-10-17)14-7-3-4-8-15(14)21-2;/h3-4,7-8H,5-6,9-13H2,1-2H3,(H,18,19);1H. The van der Waals surface area contributed by atoms with Crippen molar-refractivity contribution >= 4 is 29.9 Å². The molecule has 1 aromatic carbocycles. The van der Waals surface area contributed by atoms with Crippen LogP contribution in [0.2, 0.25) is 0 Å². The predicted octanol–water partition coefficient (Wildman–Crippen LogP) is 3.02.